The summed E-state index contributed by atoms with van der Waals surface area (Å²) < 4.78 is 2.49. The SMILES string of the molecule is CC1(C)c2ccc(-c3ccc4ccc5c(-c6ccccc6)ccc6ccc3c4c65)cc2-c2ccc3c4ccccc4n(-c4ccccc4)c3c21. The molecule has 1 aliphatic rings. The fraction of sp³-hybridized carbons (Fsp3) is 0.0612. The zero-order valence-corrected chi connectivity index (χ0v) is 28.0. The van der Waals surface area contributed by atoms with Gasteiger partial charge in [0.1, 0.15) is 0 Å². The van der Waals surface area contributed by atoms with Crippen molar-refractivity contribution in [1.82, 2.24) is 4.57 Å². The van der Waals surface area contributed by atoms with Crippen molar-refractivity contribution < 1.29 is 0 Å². The van der Waals surface area contributed by atoms with E-state index >= 15 is 0 Å². The van der Waals surface area contributed by atoms with Crippen molar-refractivity contribution >= 4 is 54.1 Å². The molecular formula is C49H33N. The molecule has 0 amide bonds. The average molecular weight is 636 g/mol. The van der Waals surface area contributed by atoms with Crippen LogP contribution in [0.3, 0.4) is 0 Å². The van der Waals surface area contributed by atoms with E-state index in [9.17, 15) is 0 Å². The lowest BCUT2D eigenvalue weighted by Gasteiger charge is -2.24. The quantitative estimate of drug-likeness (QED) is 0.170. The molecule has 0 radical (unpaired) electrons. The summed E-state index contributed by atoms with van der Waals surface area (Å²) in [6, 6.07) is 61.0. The Bertz CT molecular complexity index is 2980. The first kappa shape index (κ1) is 27.7. The summed E-state index contributed by atoms with van der Waals surface area (Å²) in [5, 5.41) is 10.5. The van der Waals surface area contributed by atoms with Gasteiger partial charge in [0.05, 0.1) is 11.0 Å². The third-order valence-corrected chi connectivity index (χ3v) is 11.5. The molecule has 1 aromatic heterocycles. The zero-order valence-electron chi connectivity index (χ0n) is 28.0. The molecule has 1 heterocycles. The Kier molecular flexibility index (Phi) is 5.51. The maximum Gasteiger partial charge on any atom is 0.0588 e. The van der Waals surface area contributed by atoms with Crippen molar-refractivity contribution in [2.24, 2.45) is 0 Å². The molecule has 0 bridgehead atoms. The summed E-state index contributed by atoms with van der Waals surface area (Å²) in [6.45, 7) is 4.81. The summed E-state index contributed by atoms with van der Waals surface area (Å²) in [4.78, 5) is 0. The minimum absolute atomic E-state index is 0.167. The van der Waals surface area contributed by atoms with E-state index in [1.54, 1.807) is 0 Å². The van der Waals surface area contributed by atoms with Crippen LogP contribution >= 0.6 is 0 Å². The first-order valence-electron chi connectivity index (χ1n) is 17.6. The first-order valence-corrected chi connectivity index (χ1v) is 17.6. The van der Waals surface area contributed by atoms with Crippen molar-refractivity contribution in [3.05, 3.63) is 175 Å². The second-order valence-corrected chi connectivity index (χ2v) is 14.5. The van der Waals surface area contributed by atoms with E-state index in [1.165, 1.54) is 104 Å². The van der Waals surface area contributed by atoms with Gasteiger partial charge in [-0.25, -0.2) is 0 Å². The van der Waals surface area contributed by atoms with E-state index in [4.69, 9.17) is 0 Å². The van der Waals surface area contributed by atoms with E-state index in [0.29, 0.717) is 0 Å². The molecule has 0 aliphatic heterocycles. The average Bonchev–Trinajstić information content (AvgIpc) is 3.62. The largest absolute Gasteiger partial charge is 0.309 e. The summed E-state index contributed by atoms with van der Waals surface area (Å²) in [5.41, 5.74) is 14.2. The van der Waals surface area contributed by atoms with Gasteiger partial charge in [-0.2, -0.15) is 0 Å². The lowest BCUT2D eigenvalue weighted by atomic mass is 9.81. The Balaban J connectivity index is 1.16. The minimum Gasteiger partial charge on any atom is -0.309 e. The van der Waals surface area contributed by atoms with Crippen LogP contribution in [0.1, 0.15) is 25.0 Å². The second-order valence-electron chi connectivity index (χ2n) is 14.5. The highest BCUT2D eigenvalue weighted by Crippen LogP contribution is 2.54. The van der Waals surface area contributed by atoms with Gasteiger partial charge in [0, 0.05) is 21.9 Å². The summed E-state index contributed by atoms with van der Waals surface area (Å²) in [6.07, 6.45) is 0. The number of fused-ring (bicyclic) bond motifs is 7. The van der Waals surface area contributed by atoms with Crippen molar-refractivity contribution in [3.63, 3.8) is 0 Å². The van der Waals surface area contributed by atoms with Crippen LogP contribution in [0.2, 0.25) is 0 Å². The molecule has 1 nitrogen and oxygen atoms in total. The van der Waals surface area contributed by atoms with Crippen LogP contribution in [0, 0.1) is 0 Å². The van der Waals surface area contributed by atoms with E-state index < -0.39 is 0 Å². The van der Waals surface area contributed by atoms with Gasteiger partial charge in [-0.15, -0.1) is 0 Å². The highest BCUT2D eigenvalue weighted by atomic mass is 15.0. The van der Waals surface area contributed by atoms with E-state index in [2.05, 4.69) is 182 Å². The van der Waals surface area contributed by atoms with Crippen LogP contribution in [-0.2, 0) is 5.41 Å². The van der Waals surface area contributed by atoms with Crippen molar-refractivity contribution in [3.8, 4) is 39.1 Å². The monoisotopic (exact) mass is 635 g/mol. The summed E-state index contributed by atoms with van der Waals surface area (Å²) >= 11 is 0. The molecular weight excluding hydrogens is 603 g/mol. The Morgan fingerprint density at radius 1 is 0.420 bits per heavy atom. The molecule has 10 aromatic rings. The predicted octanol–water partition coefficient (Wildman–Crippen LogP) is 13.3. The zero-order chi connectivity index (χ0) is 33.1. The number of aromatic nitrogens is 1. The lowest BCUT2D eigenvalue weighted by molar-refractivity contribution is 0.664. The standard InChI is InChI=1S/C49H33N/c1-49(2)43-28-21-33(29-42(43)40-26-27-41-37-15-9-10-16-44(37)50(48(41)47(40)49)34-13-7-4-8-14-34)36-23-18-32-19-24-38-35(30-11-5-3-6-12-30)22-17-31-20-25-39(36)46(32)45(31)38/h3-29H,1-2H3. The molecule has 0 saturated carbocycles. The third-order valence-electron chi connectivity index (χ3n) is 11.5. The van der Waals surface area contributed by atoms with E-state index in [0.717, 1.165) is 0 Å². The molecule has 0 fully saturated rings. The predicted molar refractivity (Wildman–Crippen MR) is 213 cm³/mol. The van der Waals surface area contributed by atoms with Gasteiger partial charge in [0.15, 0.2) is 0 Å². The van der Waals surface area contributed by atoms with Crippen molar-refractivity contribution in [2.45, 2.75) is 19.3 Å². The molecule has 1 heteroatoms. The van der Waals surface area contributed by atoms with Gasteiger partial charge in [0.2, 0.25) is 0 Å². The molecule has 0 atom stereocenters. The lowest BCUT2D eigenvalue weighted by Crippen LogP contribution is -2.16. The van der Waals surface area contributed by atoms with Gasteiger partial charge < -0.3 is 4.57 Å². The van der Waals surface area contributed by atoms with Crippen LogP contribution in [0.5, 0.6) is 0 Å². The summed E-state index contributed by atoms with van der Waals surface area (Å²) in [7, 11) is 0. The van der Waals surface area contributed by atoms with Crippen LogP contribution < -0.4 is 0 Å². The van der Waals surface area contributed by atoms with Gasteiger partial charge >= 0.3 is 0 Å². The number of rotatable bonds is 3. The molecule has 0 spiro atoms. The number of para-hydroxylation sites is 2. The Morgan fingerprint density at radius 3 is 1.72 bits per heavy atom. The topological polar surface area (TPSA) is 4.93 Å². The molecule has 234 valence electrons. The Morgan fingerprint density at radius 2 is 1.00 bits per heavy atom. The molecule has 0 saturated heterocycles. The fourth-order valence-corrected chi connectivity index (χ4v) is 9.30. The highest BCUT2D eigenvalue weighted by Gasteiger charge is 2.39. The van der Waals surface area contributed by atoms with Crippen molar-refractivity contribution in [2.75, 3.05) is 0 Å². The Labute approximate surface area is 291 Å². The van der Waals surface area contributed by atoms with E-state index in [1.807, 2.05) is 0 Å². The Hall–Kier alpha value is -6.18. The van der Waals surface area contributed by atoms with Gasteiger partial charge in [-0.3, -0.25) is 0 Å². The molecule has 0 N–H and O–H groups in total. The number of hydrogen-bond acceptors (Lipinski definition) is 0. The summed E-state index contributed by atoms with van der Waals surface area (Å²) in [5.74, 6) is 0. The van der Waals surface area contributed by atoms with Crippen LogP contribution in [0.4, 0.5) is 0 Å². The van der Waals surface area contributed by atoms with Crippen LogP contribution in [-0.4, -0.2) is 4.57 Å². The third kappa shape index (κ3) is 3.62. The van der Waals surface area contributed by atoms with Gasteiger partial charge in [-0.05, 0) is 101 Å². The second kappa shape index (κ2) is 9.94. The normalized spacial score (nSPS) is 13.6. The maximum absolute atomic E-state index is 2.49. The number of nitrogens with zero attached hydrogens (tertiary/aromatic N) is 1. The van der Waals surface area contributed by atoms with Gasteiger partial charge in [0.25, 0.3) is 0 Å². The van der Waals surface area contributed by atoms with Crippen LogP contribution in [0.15, 0.2) is 164 Å². The first-order chi connectivity index (χ1) is 24.6. The number of hydrogen-bond donors (Lipinski definition) is 0. The molecule has 1 aliphatic carbocycles. The van der Waals surface area contributed by atoms with Gasteiger partial charge in [-0.1, -0.05) is 153 Å². The molecule has 0 unspecified atom stereocenters. The molecule has 50 heavy (non-hydrogen) atoms. The maximum atomic E-state index is 2.49. The minimum atomic E-state index is -0.167. The smallest absolute Gasteiger partial charge is 0.0588 e. The highest BCUT2D eigenvalue weighted by molar-refractivity contribution is 6.27. The van der Waals surface area contributed by atoms with E-state index in [-0.39, 0.29) is 5.41 Å². The molecule has 9 aromatic carbocycles. The molecule has 11 rings (SSSR count). The van der Waals surface area contributed by atoms with Crippen molar-refractivity contribution in [1.29, 1.82) is 0 Å². The fourth-order valence-electron chi connectivity index (χ4n) is 9.30. The van der Waals surface area contributed by atoms with Crippen LogP contribution in [0.25, 0.3) is 93.2 Å². The number of benzene rings is 9.